The van der Waals surface area contributed by atoms with Crippen molar-refractivity contribution >= 4 is 29.9 Å². The molecule has 0 radical (unpaired) electrons. The van der Waals surface area contributed by atoms with Crippen molar-refractivity contribution < 1.29 is 4.74 Å². The molecule has 2 N–H and O–H groups in total. The fourth-order valence-electron chi connectivity index (χ4n) is 2.97. The smallest absolute Gasteiger partial charge is 0.191 e. The number of aryl methyl sites for hydroxylation is 4. The van der Waals surface area contributed by atoms with Crippen LogP contribution in [0.25, 0.3) is 0 Å². The van der Waals surface area contributed by atoms with E-state index in [1.165, 1.54) is 5.69 Å². The van der Waals surface area contributed by atoms with Gasteiger partial charge in [-0.2, -0.15) is 5.10 Å². The Hall–Kier alpha value is -1.84. The average molecular weight is 486 g/mol. The van der Waals surface area contributed by atoms with Crippen molar-refractivity contribution in [1.29, 1.82) is 0 Å². The summed E-state index contributed by atoms with van der Waals surface area (Å²) in [5, 5.41) is 11.1. The molecular formula is C19H31IN6O. The summed E-state index contributed by atoms with van der Waals surface area (Å²) in [6.45, 7) is 10.4. The molecule has 0 aliphatic heterocycles. The van der Waals surface area contributed by atoms with Crippen LogP contribution < -0.4 is 15.4 Å². The van der Waals surface area contributed by atoms with Gasteiger partial charge in [0, 0.05) is 43.2 Å². The number of aliphatic imine (C=N–C) groups is 1. The maximum Gasteiger partial charge on any atom is 0.191 e. The van der Waals surface area contributed by atoms with Gasteiger partial charge in [-0.05, 0) is 40.2 Å². The summed E-state index contributed by atoms with van der Waals surface area (Å²) in [5.74, 6) is 1.66. The fourth-order valence-corrected chi connectivity index (χ4v) is 2.97. The third-order valence-electron chi connectivity index (χ3n) is 4.34. The third kappa shape index (κ3) is 6.37. The predicted molar refractivity (Wildman–Crippen MR) is 120 cm³/mol. The van der Waals surface area contributed by atoms with Gasteiger partial charge in [-0.1, -0.05) is 0 Å². The summed E-state index contributed by atoms with van der Waals surface area (Å²) in [6.07, 6.45) is 2.81. The van der Waals surface area contributed by atoms with Gasteiger partial charge in [-0.3, -0.25) is 14.7 Å². The number of rotatable bonds is 7. The second-order valence-corrected chi connectivity index (χ2v) is 6.40. The molecule has 0 fully saturated rings. The number of nitrogens with zero attached hydrogens (tertiary/aromatic N) is 4. The Morgan fingerprint density at radius 3 is 2.56 bits per heavy atom. The maximum atomic E-state index is 5.46. The fraction of sp³-hybridized carbons (Fsp3) is 0.526. The zero-order chi connectivity index (χ0) is 19.1. The predicted octanol–water partition coefficient (Wildman–Crippen LogP) is 2.89. The molecule has 0 spiro atoms. The summed E-state index contributed by atoms with van der Waals surface area (Å²) in [5.41, 5.74) is 5.31. The number of ether oxygens (including phenoxy) is 1. The SMILES string of the molecule is CN=C(NCCCn1nc(C)cc1C)NCc1ncc(C)c(OC)c1C.I. The van der Waals surface area contributed by atoms with Crippen LogP contribution in [0.3, 0.4) is 0 Å². The quantitative estimate of drug-likeness (QED) is 0.273. The first kappa shape index (κ1) is 23.2. The molecule has 0 aliphatic rings. The molecule has 0 aliphatic carbocycles. The Labute approximate surface area is 179 Å². The molecule has 2 heterocycles. The Morgan fingerprint density at radius 2 is 1.96 bits per heavy atom. The molecule has 8 heteroatoms. The lowest BCUT2D eigenvalue weighted by molar-refractivity contribution is 0.406. The highest BCUT2D eigenvalue weighted by Crippen LogP contribution is 2.23. The number of pyridine rings is 1. The van der Waals surface area contributed by atoms with Gasteiger partial charge in [-0.25, -0.2) is 0 Å². The van der Waals surface area contributed by atoms with Crippen LogP contribution in [-0.4, -0.2) is 41.4 Å². The van der Waals surface area contributed by atoms with Crippen molar-refractivity contribution in [1.82, 2.24) is 25.4 Å². The van der Waals surface area contributed by atoms with Crippen LogP contribution in [0.15, 0.2) is 17.3 Å². The molecule has 2 aromatic rings. The molecule has 0 saturated heterocycles. The van der Waals surface area contributed by atoms with Gasteiger partial charge < -0.3 is 15.4 Å². The van der Waals surface area contributed by atoms with Gasteiger partial charge >= 0.3 is 0 Å². The van der Waals surface area contributed by atoms with Crippen molar-refractivity contribution in [2.75, 3.05) is 20.7 Å². The molecule has 150 valence electrons. The first-order chi connectivity index (χ1) is 12.5. The number of aromatic nitrogens is 3. The number of methoxy groups -OCH3 is 1. The zero-order valence-corrected chi connectivity index (χ0v) is 19.4. The monoisotopic (exact) mass is 486 g/mol. The summed E-state index contributed by atoms with van der Waals surface area (Å²) >= 11 is 0. The van der Waals surface area contributed by atoms with Gasteiger partial charge in [0.15, 0.2) is 5.96 Å². The highest BCUT2D eigenvalue weighted by atomic mass is 127. The largest absolute Gasteiger partial charge is 0.496 e. The highest BCUT2D eigenvalue weighted by Gasteiger charge is 2.10. The van der Waals surface area contributed by atoms with Crippen molar-refractivity contribution in [3.63, 3.8) is 0 Å². The Morgan fingerprint density at radius 1 is 1.22 bits per heavy atom. The lowest BCUT2D eigenvalue weighted by atomic mass is 10.1. The van der Waals surface area contributed by atoms with Gasteiger partial charge in [0.2, 0.25) is 0 Å². The number of halogens is 1. The first-order valence-electron chi connectivity index (χ1n) is 8.91. The van der Waals surface area contributed by atoms with E-state index in [0.717, 1.165) is 53.7 Å². The van der Waals surface area contributed by atoms with Crippen molar-refractivity contribution in [2.24, 2.45) is 4.99 Å². The van der Waals surface area contributed by atoms with E-state index in [2.05, 4.69) is 38.7 Å². The molecule has 0 aromatic carbocycles. The molecule has 0 unspecified atom stereocenters. The van der Waals surface area contributed by atoms with Crippen LogP contribution in [0.2, 0.25) is 0 Å². The van der Waals surface area contributed by atoms with E-state index < -0.39 is 0 Å². The summed E-state index contributed by atoms with van der Waals surface area (Å²) < 4.78 is 7.50. The zero-order valence-electron chi connectivity index (χ0n) is 17.1. The van der Waals surface area contributed by atoms with Crippen LogP contribution >= 0.6 is 24.0 Å². The Balaban J connectivity index is 0.00000364. The van der Waals surface area contributed by atoms with Gasteiger partial charge in [0.1, 0.15) is 5.75 Å². The topological polar surface area (TPSA) is 76.4 Å². The lowest BCUT2D eigenvalue weighted by Gasteiger charge is -2.15. The second kappa shape index (κ2) is 11.1. The normalized spacial score (nSPS) is 11.1. The Kier molecular flexibility index (Phi) is 9.54. The van der Waals surface area contributed by atoms with Crippen LogP contribution in [-0.2, 0) is 13.1 Å². The molecule has 27 heavy (non-hydrogen) atoms. The third-order valence-corrected chi connectivity index (χ3v) is 4.34. The number of hydrogen-bond donors (Lipinski definition) is 2. The number of nitrogens with one attached hydrogen (secondary N) is 2. The van der Waals surface area contributed by atoms with Gasteiger partial charge in [0.25, 0.3) is 0 Å². The minimum Gasteiger partial charge on any atom is -0.496 e. The van der Waals surface area contributed by atoms with E-state index >= 15 is 0 Å². The van der Waals surface area contributed by atoms with E-state index in [4.69, 9.17) is 4.74 Å². The van der Waals surface area contributed by atoms with E-state index in [9.17, 15) is 0 Å². The minimum absolute atomic E-state index is 0. The van der Waals surface area contributed by atoms with Crippen molar-refractivity contribution in [2.45, 2.75) is 47.2 Å². The molecule has 0 saturated carbocycles. The molecule has 0 amide bonds. The molecular weight excluding hydrogens is 455 g/mol. The molecule has 0 bridgehead atoms. The molecule has 2 rings (SSSR count). The van der Waals surface area contributed by atoms with Crippen molar-refractivity contribution in [3.05, 3.63) is 40.5 Å². The van der Waals surface area contributed by atoms with Gasteiger partial charge in [-0.15, -0.1) is 24.0 Å². The standard InChI is InChI=1S/C19H30N6O.HI/c1-13-11-22-17(16(4)18(13)26-6)12-23-19(20-5)21-8-7-9-25-15(3)10-14(2)24-25;/h10-11H,7-9,12H2,1-6H3,(H2,20,21,23);1H. The molecule has 7 nitrogen and oxygen atoms in total. The van der Waals surface area contributed by atoms with Crippen LogP contribution in [0.5, 0.6) is 5.75 Å². The summed E-state index contributed by atoms with van der Waals surface area (Å²) in [7, 11) is 3.46. The van der Waals surface area contributed by atoms with E-state index in [1.54, 1.807) is 14.2 Å². The van der Waals surface area contributed by atoms with Crippen molar-refractivity contribution in [3.8, 4) is 5.75 Å². The lowest BCUT2D eigenvalue weighted by Crippen LogP contribution is -2.38. The maximum absolute atomic E-state index is 5.46. The van der Waals surface area contributed by atoms with Crippen LogP contribution in [0.1, 0.15) is 34.6 Å². The van der Waals surface area contributed by atoms with E-state index in [1.807, 2.05) is 31.6 Å². The Bertz CT molecular complexity index is 772. The number of hydrogen-bond acceptors (Lipinski definition) is 4. The highest BCUT2D eigenvalue weighted by molar-refractivity contribution is 14.0. The molecule has 2 aromatic heterocycles. The number of guanidine groups is 1. The van der Waals surface area contributed by atoms with E-state index in [-0.39, 0.29) is 24.0 Å². The van der Waals surface area contributed by atoms with E-state index in [0.29, 0.717) is 6.54 Å². The summed E-state index contributed by atoms with van der Waals surface area (Å²) in [4.78, 5) is 8.78. The molecule has 0 atom stereocenters. The van der Waals surface area contributed by atoms with Gasteiger partial charge in [0.05, 0.1) is 25.0 Å². The van der Waals surface area contributed by atoms with Crippen LogP contribution in [0, 0.1) is 27.7 Å². The second-order valence-electron chi connectivity index (χ2n) is 6.40. The minimum atomic E-state index is 0. The first-order valence-corrected chi connectivity index (χ1v) is 8.91. The van der Waals surface area contributed by atoms with Crippen LogP contribution in [0.4, 0.5) is 0 Å². The summed E-state index contributed by atoms with van der Waals surface area (Å²) in [6, 6.07) is 2.10. The average Bonchev–Trinajstić information content (AvgIpc) is 2.93.